The molecule has 62 valence electrons. The van der Waals surface area contributed by atoms with Gasteiger partial charge in [-0.3, -0.25) is 0 Å². The summed E-state index contributed by atoms with van der Waals surface area (Å²) in [7, 11) is 1.73. The Labute approximate surface area is 72.7 Å². The van der Waals surface area contributed by atoms with E-state index < -0.39 is 0 Å². The third-order valence-electron chi connectivity index (χ3n) is 2.27. The molecule has 0 aliphatic heterocycles. The number of thiocarbonyl (C=S) groups is 1. The predicted octanol–water partition coefficient (Wildman–Crippen LogP) is 1.91. The maximum absolute atomic E-state index is 5.01. The zero-order chi connectivity index (χ0) is 8.16. The van der Waals surface area contributed by atoms with Gasteiger partial charge in [-0.1, -0.05) is 0 Å². The van der Waals surface area contributed by atoms with E-state index >= 15 is 0 Å². The normalized spacial score (nSPS) is 19.0. The highest BCUT2D eigenvalue weighted by molar-refractivity contribution is 7.78. The van der Waals surface area contributed by atoms with Gasteiger partial charge in [0.05, 0.1) is 11.7 Å². The lowest BCUT2D eigenvalue weighted by atomic mass is 10.0. The number of hydrogen-bond donors (Lipinski definition) is 0. The van der Waals surface area contributed by atoms with E-state index in [9.17, 15) is 0 Å². The fourth-order valence-corrected chi connectivity index (χ4v) is 1.25. The summed E-state index contributed by atoms with van der Waals surface area (Å²) in [5.74, 6) is 0. The summed E-state index contributed by atoms with van der Waals surface area (Å²) in [4.78, 5) is 3.97. The van der Waals surface area contributed by atoms with Crippen molar-refractivity contribution in [3.05, 3.63) is 0 Å². The van der Waals surface area contributed by atoms with Gasteiger partial charge in [-0.15, -0.1) is 0 Å². The molecule has 0 saturated heterocycles. The van der Waals surface area contributed by atoms with Crippen LogP contribution in [0.5, 0.6) is 0 Å². The predicted molar refractivity (Wildman–Crippen MR) is 48.1 cm³/mol. The number of nitrogens with zero attached hydrogens (tertiary/aromatic N) is 1. The minimum absolute atomic E-state index is 0.432. The van der Waals surface area contributed by atoms with Crippen LogP contribution in [0.3, 0.4) is 0 Å². The highest BCUT2D eigenvalue weighted by atomic mass is 32.1. The molecule has 1 aliphatic rings. The van der Waals surface area contributed by atoms with Crippen LogP contribution >= 0.6 is 12.2 Å². The lowest BCUT2D eigenvalue weighted by Crippen LogP contribution is -2.08. The largest absolute Gasteiger partial charge is 0.385 e. The van der Waals surface area contributed by atoms with Crippen LogP contribution in [0.2, 0.25) is 0 Å². The smallest absolute Gasteiger partial charge is 0.0585 e. The van der Waals surface area contributed by atoms with E-state index in [4.69, 9.17) is 4.74 Å². The summed E-state index contributed by atoms with van der Waals surface area (Å²) in [6.07, 6.45) is 3.66. The minimum Gasteiger partial charge on any atom is -0.385 e. The third kappa shape index (κ3) is 2.70. The van der Waals surface area contributed by atoms with Gasteiger partial charge in [0.1, 0.15) is 0 Å². The number of isothiocyanates is 1. The lowest BCUT2D eigenvalue weighted by molar-refractivity contribution is 0.174. The van der Waals surface area contributed by atoms with Gasteiger partial charge in [-0.05, 0) is 36.9 Å². The van der Waals surface area contributed by atoms with E-state index in [1.807, 2.05) is 0 Å². The molecule has 1 fully saturated rings. The van der Waals surface area contributed by atoms with Crippen LogP contribution in [0, 0.1) is 5.41 Å². The van der Waals surface area contributed by atoms with Crippen LogP contribution in [-0.4, -0.2) is 25.4 Å². The molecule has 0 heterocycles. The Morgan fingerprint density at radius 1 is 1.64 bits per heavy atom. The van der Waals surface area contributed by atoms with Crippen molar-refractivity contribution in [1.29, 1.82) is 0 Å². The van der Waals surface area contributed by atoms with Gasteiger partial charge in [0.15, 0.2) is 0 Å². The molecule has 0 spiro atoms. The molecule has 1 saturated carbocycles. The highest BCUT2D eigenvalue weighted by Gasteiger charge is 2.41. The minimum atomic E-state index is 0.432. The van der Waals surface area contributed by atoms with Crippen molar-refractivity contribution in [2.75, 3.05) is 20.3 Å². The average Bonchev–Trinajstić information content (AvgIpc) is 2.79. The SMILES string of the molecule is COCCC1(CN=C=S)CC1. The summed E-state index contributed by atoms with van der Waals surface area (Å²) in [6.45, 7) is 1.69. The molecule has 3 heteroatoms. The van der Waals surface area contributed by atoms with Gasteiger partial charge in [0, 0.05) is 13.7 Å². The molecule has 1 rings (SSSR count). The van der Waals surface area contributed by atoms with Crippen molar-refractivity contribution in [2.45, 2.75) is 19.3 Å². The fourth-order valence-electron chi connectivity index (χ4n) is 1.18. The van der Waals surface area contributed by atoms with Gasteiger partial charge < -0.3 is 4.74 Å². The van der Waals surface area contributed by atoms with Gasteiger partial charge in [0.2, 0.25) is 0 Å². The van der Waals surface area contributed by atoms with Crippen LogP contribution in [0.1, 0.15) is 19.3 Å². The maximum atomic E-state index is 5.01. The van der Waals surface area contributed by atoms with E-state index in [0.717, 1.165) is 19.6 Å². The Hall–Kier alpha value is -0.240. The zero-order valence-corrected chi connectivity index (χ0v) is 7.62. The third-order valence-corrected chi connectivity index (χ3v) is 2.40. The Morgan fingerprint density at radius 3 is 2.82 bits per heavy atom. The molecule has 0 bridgehead atoms. The first-order chi connectivity index (χ1) is 5.33. The van der Waals surface area contributed by atoms with Gasteiger partial charge in [-0.25, -0.2) is 4.99 Å². The Balaban J connectivity index is 2.23. The van der Waals surface area contributed by atoms with Crippen LogP contribution in [0.4, 0.5) is 0 Å². The molecular formula is C8H13NOS. The number of ether oxygens (including phenoxy) is 1. The van der Waals surface area contributed by atoms with Crippen LogP contribution < -0.4 is 0 Å². The van der Waals surface area contributed by atoms with Crippen molar-refractivity contribution >= 4 is 17.4 Å². The van der Waals surface area contributed by atoms with Gasteiger partial charge >= 0.3 is 0 Å². The molecule has 0 aromatic heterocycles. The Bertz CT molecular complexity index is 171. The van der Waals surface area contributed by atoms with E-state index in [1.54, 1.807) is 7.11 Å². The molecule has 0 unspecified atom stereocenters. The second-order valence-corrected chi connectivity index (χ2v) is 3.33. The fraction of sp³-hybridized carbons (Fsp3) is 0.875. The first kappa shape index (κ1) is 8.85. The van der Waals surface area contributed by atoms with Crippen LogP contribution in [0.25, 0.3) is 0 Å². The van der Waals surface area contributed by atoms with E-state index in [2.05, 4.69) is 22.4 Å². The molecule has 0 N–H and O–H groups in total. The maximum Gasteiger partial charge on any atom is 0.0585 e. The number of hydrogen-bond acceptors (Lipinski definition) is 3. The Morgan fingerprint density at radius 2 is 2.36 bits per heavy atom. The van der Waals surface area contributed by atoms with Gasteiger partial charge in [0.25, 0.3) is 0 Å². The van der Waals surface area contributed by atoms with E-state index in [0.29, 0.717) is 5.41 Å². The molecular weight excluding hydrogens is 158 g/mol. The second-order valence-electron chi connectivity index (χ2n) is 3.15. The van der Waals surface area contributed by atoms with Crippen molar-refractivity contribution < 1.29 is 4.74 Å². The number of aliphatic imine (C=N–C) groups is 1. The summed E-state index contributed by atoms with van der Waals surface area (Å²) in [5.41, 5.74) is 0.432. The van der Waals surface area contributed by atoms with Crippen molar-refractivity contribution in [1.82, 2.24) is 0 Å². The molecule has 1 aliphatic carbocycles. The quantitative estimate of drug-likeness (QED) is 0.465. The molecule has 0 amide bonds. The molecule has 0 atom stereocenters. The van der Waals surface area contributed by atoms with E-state index in [-0.39, 0.29) is 0 Å². The zero-order valence-electron chi connectivity index (χ0n) is 6.80. The molecule has 0 aromatic carbocycles. The Kier molecular flexibility index (Phi) is 3.18. The van der Waals surface area contributed by atoms with Crippen LogP contribution in [0.15, 0.2) is 4.99 Å². The molecule has 11 heavy (non-hydrogen) atoms. The average molecular weight is 171 g/mol. The number of rotatable bonds is 5. The standard InChI is InChI=1S/C8H13NOS/c1-10-5-4-8(2-3-8)6-9-7-11/h2-6H2,1H3. The second kappa shape index (κ2) is 3.96. The molecule has 2 nitrogen and oxygen atoms in total. The van der Waals surface area contributed by atoms with Gasteiger partial charge in [-0.2, -0.15) is 0 Å². The number of methoxy groups -OCH3 is 1. The van der Waals surface area contributed by atoms with E-state index in [1.165, 1.54) is 12.8 Å². The summed E-state index contributed by atoms with van der Waals surface area (Å²) < 4.78 is 5.01. The lowest BCUT2D eigenvalue weighted by Gasteiger charge is -2.09. The van der Waals surface area contributed by atoms with Crippen molar-refractivity contribution in [3.63, 3.8) is 0 Å². The topological polar surface area (TPSA) is 21.6 Å². The monoisotopic (exact) mass is 171 g/mol. The van der Waals surface area contributed by atoms with Crippen molar-refractivity contribution in [2.24, 2.45) is 10.4 Å². The molecule has 0 radical (unpaired) electrons. The van der Waals surface area contributed by atoms with Crippen LogP contribution in [-0.2, 0) is 4.74 Å². The first-order valence-electron chi connectivity index (χ1n) is 3.86. The summed E-state index contributed by atoms with van der Waals surface area (Å²) in [6, 6.07) is 0. The van der Waals surface area contributed by atoms with Crippen molar-refractivity contribution in [3.8, 4) is 0 Å². The highest BCUT2D eigenvalue weighted by Crippen LogP contribution is 2.48. The molecule has 0 aromatic rings. The first-order valence-corrected chi connectivity index (χ1v) is 4.26. The summed E-state index contributed by atoms with van der Waals surface area (Å²) in [5, 5.41) is 2.41. The summed E-state index contributed by atoms with van der Waals surface area (Å²) >= 11 is 4.51.